The van der Waals surface area contributed by atoms with E-state index in [0.717, 1.165) is 16.7 Å². The van der Waals surface area contributed by atoms with Crippen LogP contribution >= 0.6 is 0 Å². The van der Waals surface area contributed by atoms with E-state index in [1.54, 1.807) is 7.11 Å². The van der Waals surface area contributed by atoms with Crippen LogP contribution in [0, 0.1) is 0 Å². The fourth-order valence-electron chi connectivity index (χ4n) is 2.22. The number of ether oxygens (including phenoxy) is 1. The second kappa shape index (κ2) is 4.76. The van der Waals surface area contributed by atoms with Crippen molar-refractivity contribution in [3.8, 4) is 5.75 Å². The highest BCUT2D eigenvalue weighted by atomic mass is 16.5. The molecule has 0 fully saturated rings. The van der Waals surface area contributed by atoms with E-state index in [0.29, 0.717) is 12.5 Å². The van der Waals surface area contributed by atoms with E-state index >= 15 is 0 Å². The molecule has 2 N–H and O–H groups in total. The molecule has 0 heterocycles. The Morgan fingerprint density at radius 1 is 1.18 bits per heavy atom. The molecule has 0 saturated carbocycles. The Hall–Kier alpha value is -1.54. The van der Waals surface area contributed by atoms with Crippen LogP contribution in [-0.4, -0.2) is 7.11 Å². The normalized spacial score (nSPS) is 11.1. The summed E-state index contributed by atoms with van der Waals surface area (Å²) in [5.41, 5.74) is 8.19. The Labute approximate surface area is 102 Å². The summed E-state index contributed by atoms with van der Waals surface area (Å²) in [5, 5.41) is 2.42. The SMILES string of the molecule is COc1cc(CN)cc2c(C(C)C)cccc12. The van der Waals surface area contributed by atoms with Gasteiger partial charge in [0.15, 0.2) is 0 Å². The van der Waals surface area contributed by atoms with Crippen LogP contribution in [0.5, 0.6) is 5.75 Å². The molecule has 2 rings (SSSR count). The van der Waals surface area contributed by atoms with Gasteiger partial charge in [-0.2, -0.15) is 0 Å². The number of fused-ring (bicyclic) bond motifs is 1. The summed E-state index contributed by atoms with van der Waals surface area (Å²) in [7, 11) is 1.71. The van der Waals surface area contributed by atoms with Gasteiger partial charge in [-0.3, -0.25) is 0 Å². The van der Waals surface area contributed by atoms with Gasteiger partial charge in [-0.05, 0) is 34.6 Å². The predicted octanol–water partition coefficient (Wildman–Crippen LogP) is 3.43. The molecule has 17 heavy (non-hydrogen) atoms. The minimum Gasteiger partial charge on any atom is -0.496 e. The molecule has 0 aliphatic heterocycles. The van der Waals surface area contributed by atoms with Crippen molar-refractivity contribution in [3.05, 3.63) is 41.5 Å². The molecule has 0 saturated heterocycles. The van der Waals surface area contributed by atoms with Crippen molar-refractivity contribution in [2.45, 2.75) is 26.3 Å². The summed E-state index contributed by atoms with van der Waals surface area (Å²) >= 11 is 0. The summed E-state index contributed by atoms with van der Waals surface area (Å²) in [5.74, 6) is 1.40. The lowest BCUT2D eigenvalue weighted by atomic mass is 9.94. The summed E-state index contributed by atoms with van der Waals surface area (Å²) in [4.78, 5) is 0. The van der Waals surface area contributed by atoms with E-state index in [1.165, 1.54) is 10.9 Å². The van der Waals surface area contributed by atoms with Gasteiger partial charge in [-0.25, -0.2) is 0 Å². The van der Waals surface area contributed by atoms with E-state index in [1.807, 2.05) is 6.07 Å². The van der Waals surface area contributed by atoms with Crippen molar-refractivity contribution in [1.29, 1.82) is 0 Å². The maximum absolute atomic E-state index is 5.74. The minimum atomic E-state index is 0.497. The third-order valence-electron chi connectivity index (χ3n) is 3.13. The smallest absolute Gasteiger partial charge is 0.127 e. The van der Waals surface area contributed by atoms with Crippen molar-refractivity contribution in [3.63, 3.8) is 0 Å². The molecule has 0 aliphatic rings. The number of methoxy groups -OCH3 is 1. The standard InChI is InChI=1S/C15H19NO/c1-10(2)12-5-4-6-13-14(12)7-11(9-16)8-15(13)17-3/h4-8,10H,9,16H2,1-3H3. The maximum atomic E-state index is 5.74. The first-order chi connectivity index (χ1) is 8.17. The molecular formula is C15H19NO. The second-order valence-electron chi connectivity index (χ2n) is 4.60. The molecule has 0 radical (unpaired) electrons. The monoisotopic (exact) mass is 229 g/mol. The highest BCUT2D eigenvalue weighted by molar-refractivity contribution is 5.92. The average Bonchev–Trinajstić information content (AvgIpc) is 2.36. The summed E-state index contributed by atoms with van der Waals surface area (Å²) < 4.78 is 5.45. The molecule has 0 spiro atoms. The number of benzene rings is 2. The molecule has 2 heteroatoms. The van der Waals surface area contributed by atoms with Gasteiger partial charge in [0.2, 0.25) is 0 Å². The average molecular weight is 229 g/mol. The minimum absolute atomic E-state index is 0.497. The molecule has 2 nitrogen and oxygen atoms in total. The van der Waals surface area contributed by atoms with Gasteiger partial charge in [-0.15, -0.1) is 0 Å². The molecule has 2 aromatic rings. The van der Waals surface area contributed by atoms with Crippen molar-refractivity contribution in [2.75, 3.05) is 7.11 Å². The van der Waals surface area contributed by atoms with Crippen LogP contribution in [0.25, 0.3) is 10.8 Å². The first-order valence-corrected chi connectivity index (χ1v) is 5.97. The van der Waals surface area contributed by atoms with E-state index in [4.69, 9.17) is 10.5 Å². The van der Waals surface area contributed by atoms with Gasteiger partial charge in [-0.1, -0.05) is 32.0 Å². The van der Waals surface area contributed by atoms with Crippen LogP contribution < -0.4 is 10.5 Å². The number of hydrogen-bond donors (Lipinski definition) is 1. The zero-order valence-electron chi connectivity index (χ0n) is 10.7. The zero-order chi connectivity index (χ0) is 12.4. The lowest BCUT2D eigenvalue weighted by molar-refractivity contribution is 0.419. The molecule has 0 atom stereocenters. The molecule has 0 unspecified atom stereocenters. The first kappa shape index (κ1) is 11.9. The molecule has 2 aromatic carbocycles. The Balaban J connectivity index is 2.79. The van der Waals surface area contributed by atoms with E-state index in [-0.39, 0.29) is 0 Å². The lowest BCUT2D eigenvalue weighted by Gasteiger charge is -2.14. The summed E-state index contributed by atoms with van der Waals surface area (Å²) in [6.07, 6.45) is 0. The van der Waals surface area contributed by atoms with Gasteiger partial charge >= 0.3 is 0 Å². The van der Waals surface area contributed by atoms with Gasteiger partial charge in [0.1, 0.15) is 5.75 Å². The topological polar surface area (TPSA) is 35.2 Å². The van der Waals surface area contributed by atoms with Crippen LogP contribution in [0.1, 0.15) is 30.9 Å². The Bertz CT molecular complexity index is 532. The van der Waals surface area contributed by atoms with Crippen LogP contribution in [-0.2, 0) is 6.54 Å². The van der Waals surface area contributed by atoms with E-state index < -0.39 is 0 Å². The summed E-state index contributed by atoms with van der Waals surface area (Å²) in [6, 6.07) is 10.6. The third kappa shape index (κ3) is 2.13. The van der Waals surface area contributed by atoms with Gasteiger partial charge in [0, 0.05) is 11.9 Å². The number of nitrogens with two attached hydrogens (primary N) is 1. The molecule has 90 valence electrons. The van der Waals surface area contributed by atoms with Crippen LogP contribution in [0.3, 0.4) is 0 Å². The predicted molar refractivity (Wildman–Crippen MR) is 72.5 cm³/mol. The van der Waals surface area contributed by atoms with Crippen molar-refractivity contribution in [2.24, 2.45) is 5.73 Å². The first-order valence-electron chi connectivity index (χ1n) is 5.97. The second-order valence-corrected chi connectivity index (χ2v) is 4.60. The van der Waals surface area contributed by atoms with Gasteiger partial charge < -0.3 is 10.5 Å². The molecule has 0 aromatic heterocycles. The fourth-order valence-corrected chi connectivity index (χ4v) is 2.22. The van der Waals surface area contributed by atoms with E-state index in [2.05, 4.69) is 38.1 Å². The summed E-state index contributed by atoms with van der Waals surface area (Å²) in [6.45, 7) is 4.95. The van der Waals surface area contributed by atoms with E-state index in [9.17, 15) is 0 Å². The lowest BCUT2D eigenvalue weighted by Crippen LogP contribution is -1.99. The number of rotatable bonds is 3. The Morgan fingerprint density at radius 3 is 2.53 bits per heavy atom. The Morgan fingerprint density at radius 2 is 1.94 bits per heavy atom. The largest absolute Gasteiger partial charge is 0.496 e. The molecule has 0 aliphatic carbocycles. The quantitative estimate of drug-likeness (QED) is 0.875. The molecular weight excluding hydrogens is 210 g/mol. The number of hydrogen-bond acceptors (Lipinski definition) is 2. The van der Waals surface area contributed by atoms with Gasteiger partial charge in [0.25, 0.3) is 0 Å². The van der Waals surface area contributed by atoms with Gasteiger partial charge in [0.05, 0.1) is 7.11 Å². The van der Waals surface area contributed by atoms with Crippen molar-refractivity contribution < 1.29 is 4.74 Å². The fraction of sp³-hybridized carbons (Fsp3) is 0.333. The van der Waals surface area contributed by atoms with Crippen molar-refractivity contribution >= 4 is 10.8 Å². The third-order valence-corrected chi connectivity index (χ3v) is 3.13. The highest BCUT2D eigenvalue weighted by Crippen LogP contribution is 2.32. The van der Waals surface area contributed by atoms with Crippen LogP contribution in [0.15, 0.2) is 30.3 Å². The molecule has 0 amide bonds. The van der Waals surface area contributed by atoms with Crippen LogP contribution in [0.2, 0.25) is 0 Å². The zero-order valence-corrected chi connectivity index (χ0v) is 10.7. The maximum Gasteiger partial charge on any atom is 0.127 e. The Kier molecular flexibility index (Phi) is 3.34. The molecule has 0 bridgehead atoms. The van der Waals surface area contributed by atoms with Crippen molar-refractivity contribution in [1.82, 2.24) is 0 Å². The van der Waals surface area contributed by atoms with Crippen LogP contribution in [0.4, 0.5) is 0 Å². The highest BCUT2D eigenvalue weighted by Gasteiger charge is 2.09.